The van der Waals surface area contributed by atoms with Crippen LogP contribution >= 0.6 is 18.5 Å². The van der Waals surface area contributed by atoms with Crippen LogP contribution in [-0.4, -0.2) is 11.3 Å². The lowest BCUT2D eigenvalue weighted by molar-refractivity contribution is 0.260. The molecule has 0 rings (SSSR count). The zero-order chi connectivity index (χ0) is 8.57. The lowest BCUT2D eigenvalue weighted by atomic mass is 11.4. The molecule has 8 heteroatoms. The highest BCUT2D eigenvalue weighted by Crippen LogP contribution is 1.74. The largest absolute Gasteiger partial charge is 0.291 e. The van der Waals surface area contributed by atoms with Crippen molar-refractivity contribution in [2.45, 2.75) is 0 Å². The summed E-state index contributed by atoms with van der Waals surface area (Å²) in [6.45, 7) is 0. The quantitative estimate of drug-likeness (QED) is 0.165. The van der Waals surface area contributed by atoms with E-state index in [1.807, 2.05) is 29.3 Å². The summed E-state index contributed by atoms with van der Waals surface area (Å²) < 4.78 is 0. The number of hydrogen-bond acceptors (Lipinski definition) is 4. The zero-order valence-corrected chi connectivity index (χ0v) is 7.44. The Bertz CT molecular complexity index is 104. The lowest BCUT2D eigenvalue weighted by Gasteiger charge is -1.80. The highest BCUT2D eigenvalue weighted by Gasteiger charge is 1.73. The predicted molar refractivity (Wildman–Crippen MR) is 44.9 cm³/mol. The molecule has 6 nitrogen and oxygen atoms in total. The van der Waals surface area contributed by atoms with E-state index in [1.54, 1.807) is 0 Å². The molecule has 6 N–H and O–H groups in total. The smallest absolute Gasteiger partial charge is 0.248 e. The lowest BCUT2D eigenvalue weighted by Crippen LogP contribution is -2.23. The van der Waals surface area contributed by atoms with Gasteiger partial charge in [-0.3, -0.25) is 20.4 Å². The Labute approximate surface area is 62.8 Å². The third kappa shape index (κ3) is 25.2. The van der Waals surface area contributed by atoms with E-state index < -0.39 is 0 Å². The van der Waals surface area contributed by atoms with E-state index in [9.17, 15) is 9.59 Å². The van der Waals surface area contributed by atoms with Gasteiger partial charge in [-0.1, -0.05) is 0 Å². The van der Waals surface area contributed by atoms with Crippen LogP contribution in [0.1, 0.15) is 0 Å². The molecule has 2 unspecified atom stereocenters. The molecule has 2 atom stereocenters. The second-order valence-electron chi connectivity index (χ2n) is 1.02. The maximum atomic E-state index is 9.54. The van der Waals surface area contributed by atoms with E-state index >= 15 is 0 Å². The van der Waals surface area contributed by atoms with Gasteiger partial charge in [0.05, 0.1) is 0 Å². The first-order valence-corrected chi connectivity index (χ1v) is 3.22. The van der Waals surface area contributed by atoms with Crippen molar-refractivity contribution in [3.05, 3.63) is 0 Å². The molecular weight excluding hydrogens is 174 g/mol. The maximum absolute atomic E-state index is 9.54. The van der Waals surface area contributed by atoms with Crippen molar-refractivity contribution < 1.29 is 9.59 Å². The van der Waals surface area contributed by atoms with Gasteiger partial charge in [0.15, 0.2) is 0 Å². The average Bonchev–Trinajstić information content (AvgIpc) is 1.89. The Morgan fingerprint density at radius 1 is 1.00 bits per heavy atom. The SMILES string of the molecule is NNC(=O)P.NNC(=O)P. The molecule has 60 valence electrons. The van der Waals surface area contributed by atoms with Gasteiger partial charge in [-0.05, 0) is 18.5 Å². The molecule has 0 saturated heterocycles. The predicted octanol–water partition coefficient (Wildman–Crippen LogP) is -1.11. The number of nitrogens with one attached hydrogen (secondary N) is 2. The van der Waals surface area contributed by atoms with Crippen LogP contribution in [0.3, 0.4) is 0 Å². The van der Waals surface area contributed by atoms with Crippen molar-refractivity contribution in [1.82, 2.24) is 10.9 Å². The van der Waals surface area contributed by atoms with Crippen LogP contribution in [0.2, 0.25) is 0 Å². The topological polar surface area (TPSA) is 110 Å². The summed E-state index contributed by atoms with van der Waals surface area (Å²) in [4.78, 5) is 19.1. The Morgan fingerprint density at radius 2 is 1.10 bits per heavy atom. The summed E-state index contributed by atoms with van der Waals surface area (Å²) in [5.74, 6) is 9.10. The number of amides is 2. The van der Waals surface area contributed by atoms with Crippen LogP contribution in [0, 0.1) is 0 Å². The van der Waals surface area contributed by atoms with Crippen molar-refractivity contribution in [1.29, 1.82) is 0 Å². The summed E-state index contributed by atoms with van der Waals surface area (Å²) in [6.07, 6.45) is 0. The molecule has 10 heavy (non-hydrogen) atoms. The molecule has 0 aliphatic carbocycles. The van der Waals surface area contributed by atoms with Crippen LogP contribution in [0.15, 0.2) is 0 Å². The van der Waals surface area contributed by atoms with Crippen LogP contribution in [0.25, 0.3) is 0 Å². The first-order valence-electron chi connectivity index (χ1n) is 2.06. The third-order valence-electron chi connectivity index (χ3n) is 0.285. The van der Waals surface area contributed by atoms with Gasteiger partial charge < -0.3 is 0 Å². The molecule has 0 heterocycles. The standard InChI is InChI=1S/2CH5N2OP/c2*2-3-1(4)5/h2*2,5H2,(H,3,4). The van der Waals surface area contributed by atoms with E-state index in [2.05, 4.69) is 11.7 Å². The first kappa shape index (κ1) is 12.4. The fourth-order valence-corrected chi connectivity index (χ4v) is 0. The molecule has 0 aliphatic heterocycles. The van der Waals surface area contributed by atoms with Gasteiger partial charge in [0.2, 0.25) is 11.3 Å². The van der Waals surface area contributed by atoms with Gasteiger partial charge in [0.25, 0.3) is 0 Å². The second-order valence-corrected chi connectivity index (χ2v) is 2.07. The highest BCUT2D eigenvalue weighted by molar-refractivity contribution is 7.40. The average molecular weight is 184 g/mol. The Morgan fingerprint density at radius 3 is 1.10 bits per heavy atom. The van der Waals surface area contributed by atoms with Gasteiger partial charge in [-0.15, -0.1) is 0 Å². The van der Waals surface area contributed by atoms with Crippen LogP contribution in [0.5, 0.6) is 0 Å². The minimum atomic E-state index is -0.301. The molecule has 0 bridgehead atoms. The fraction of sp³-hybridized carbons (Fsp3) is 0. The molecule has 0 spiro atoms. The van der Waals surface area contributed by atoms with E-state index in [-0.39, 0.29) is 11.3 Å². The third-order valence-corrected chi connectivity index (χ3v) is 0.618. The van der Waals surface area contributed by atoms with Crippen LogP contribution in [-0.2, 0) is 0 Å². The van der Waals surface area contributed by atoms with Crippen molar-refractivity contribution in [3.8, 4) is 0 Å². The number of hydrazine groups is 2. The fourth-order valence-electron chi connectivity index (χ4n) is 0. The highest BCUT2D eigenvalue weighted by atomic mass is 31.0. The Kier molecular flexibility index (Phi) is 10.8. The molecule has 0 aromatic carbocycles. The number of hydrogen-bond donors (Lipinski definition) is 4. The Balaban J connectivity index is 0. The monoisotopic (exact) mass is 184 g/mol. The Hall–Kier alpha value is -0.280. The van der Waals surface area contributed by atoms with Gasteiger partial charge in [0.1, 0.15) is 0 Å². The molecule has 0 saturated carbocycles. The van der Waals surface area contributed by atoms with Crippen molar-refractivity contribution in [2.75, 3.05) is 0 Å². The minimum absolute atomic E-state index is 0.301. The molecule has 2 amide bonds. The van der Waals surface area contributed by atoms with E-state index in [0.29, 0.717) is 0 Å². The second kappa shape index (κ2) is 8.72. The van der Waals surface area contributed by atoms with Crippen molar-refractivity contribution in [2.24, 2.45) is 11.7 Å². The summed E-state index contributed by atoms with van der Waals surface area (Å²) in [5, 5.41) is 0. The van der Waals surface area contributed by atoms with E-state index in [1.165, 1.54) is 0 Å². The van der Waals surface area contributed by atoms with Crippen molar-refractivity contribution in [3.63, 3.8) is 0 Å². The maximum Gasteiger partial charge on any atom is 0.248 e. The molecule has 0 aromatic heterocycles. The summed E-state index contributed by atoms with van der Waals surface area (Å²) in [7, 11) is 3.72. The number of nitrogens with two attached hydrogens (primary N) is 2. The summed E-state index contributed by atoms with van der Waals surface area (Å²) >= 11 is 0. The zero-order valence-electron chi connectivity index (χ0n) is 5.13. The molecule has 0 radical (unpaired) electrons. The van der Waals surface area contributed by atoms with Gasteiger partial charge in [-0.2, -0.15) is 0 Å². The summed E-state index contributed by atoms with van der Waals surface area (Å²) in [6, 6.07) is 0. The molecule has 0 aliphatic rings. The number of rotatable bonds is 0. The van der Waals surface area contributed by atoms with E-state index in [0.717, 1.165) is 0 Å². The number of carbonyl (C=O) groups excluding carboxylic acids is 2. The number of carbonyl (C=O) groups is 2. The molecule has 0 aromatic rings. The van der Waals surface area contributed by atoms with Gasteiger partial charge in [-0.25, -0.2) is 11.7 Å². The normalized spacial score (nSPS) is 6.80. The molecule has 0 fully saturated rings. The van der Waals surface area contributed by atoms with Crippen LogP contribution in [0.4, 0.5) is 9.59 Å². The first-order chi connectivity index (χ1) is 4.54. The van der Waals surface area contributed by atoms with Crippen LogP contribution < -0.4 is 22.5 Å². The van der Waals surface area contributed by atoms with Gasteiger partial charge >= 0.3 is 0 Å². The van der Waals surface area contributed by atoms with Crippen molar-refractivity contribution >= 4 is 29.8 Å². The molecular formula is C2H10N4O2P2. The van der Waals surface area contributed by atoms with Gasteiger partial charge in [0, 0.05) is 0 Å². The van der Waals surface area contributed by atoms with E-state index in [4.69, 9.17) is 0 Å². The minimum Gasteiger partial charge on any atom is -0.291 e. The summed E-state index contributed by atoms with van der Waals surface area (Å²) in [5.41, 5.74) is 3.10.